The van der Waals surface area contributed by atoms with E-state index in [9.17, 15) is 14.9 Å². The van der Waals surface area contributed by atoms with Gasteiger partial charge in [0, 0.05) is 59.0 Å². The number of para-hydroxylation sites is 2. The van der Waals surface area contributed by atoms with E-state index < -0.39 is 4.92 Å². The fraction of sp³-hybridized carbons (Fsp3) is 0.579. The first-order valence-electron chi connectivity index (χ1n) is 9.93. The van der Waals surface area contributed by atoms with Crippen LogP contribution in [0.25, 0.3) is 0 Å². The molecule has 29 heavy (non-hydrogen) atoms. The van der Waals surface area contributed by atoms with Gasteiger partial charge in [0.25, 0.3) is 11.6 Å². The van der Waals surface area contributed by atoms with Gasteiger partial charge in [-0.2, -0.15) is 0 Å². The number of nitro groups is 1. The zero-order chi connectivity index (χ0) is 20.6. The van der Waals surface area contributed by atoms with Gasteiger partial charge >= 0.3 is 0 Å². The number of carbonyl (C=O) groups excluding carboxylic acids is 1. The number of hydrogen-bond acceptors (Lipinski definition) is 6. The molecule has 1 unspecified atom stereocenters. The molecule has 0 aromatic heterocycles. The quantitative estimate of drug-likeness (QED) is 0.238. The highest BCUT2D eigenvalue weighted by atomic mass is 16.6. The van der Waals surface area contributed by atoms with Crippen molar-refractivity contribution in [3.8, 4) is 0 Å². The van der Waals surface area contributed by atoms with Crippen LogP contribution in [0.5, 0.6) is 0 Å². The van der Waals surface area contributed by atoms with E-state index >= 15 is 0 Å². The average molecular weight is 404 g/mol. The largest absolute Gasteiger partial charge is 0.378 e. The Morgan fingerprint density at radius 3 is 2.62 bits per heavy atom. The molecule has 0 bridgehead atoms. The third kappa shape index (κ3) is 5.35. The molecular formula is C19H28N6O4. The highest BCUT2D eigenvalue weighted by Gasteiger charge is 2.30. The molecule has 1 aromatic rings. The normalized spacial score (nSPS) is 19.9. The van der Waals surface area contributed by atoms with Gasteiger partial charge in [0.2, 0.25) is 0 Å². The van der Waals surface area contributed by atoms with E-state index in [1.54, 1.807) is 25.2 Å². The Hall–Kier alpha value is -2.88. The molecule has 2 heterocycles. The highest BCUT2D eigenvalue weighted by Crippen LogP contribution is 2.22. The SMILES string of the molecule is CN=C(NCCNc1ccccc1[N+](=O)[O-])N1CCN(C(=O)C2CCCO2)CC1. The maximum Gasteiger partial charge on any atom is 0.292 e. The van der Waals surface area contributed by atoms with E-state index in [0.717, 1.165) is 18.8 Å². The molecule has 1 amide bonds. The Labute approximate surface area is 170 Å². The lowest BCUT2D eigenvalue weighted by Gasteiger charge is -2.37. The van der Waals surface area contributed by atoms with Crippen molar-refractivity contribution in [2.75, 3.05) is 58.2 Å². The molecule has 0 aliphatic carbocycles. The lowest BCUT2D eigenvalue weighted by molar-refractivity contribution is -0.384. The number of anilines is 1. The molecule has 0 spiro atoms. The first-order chi connectivity index (χ1) is 14.1. The van der Waals surface area contributed by atoms with Crippen LogP contribution in [0.15, 0.2) is 29.3 Å². The number of nitrogens with zero attached hydrogens (tertiary/aromatic N) is 4. The van der Waals surface area contributed by atoms with Crippen LogP contribution in [-0.4, -0.2) is 85.6 Å². The second-order valence-electron chi connectivity index (χ2n) is 6.99. The van der Waals surface area contributed by atoms with Gasteiger partial charge in [-0.25, -0.2) is 0 Å². The minimum atomic E-state index is -0.397. The summed E-state index contributed by atoms with van der Waals surface area (Å²) < 4.78 is 5.50. The molecule has 2 aliphatic rings. The molecule has 2 fully saturated rings. The van der Waals surface area contributed by atoms with E-state index in [1.165, 1.54) is 6.07 Å². The zero-order valence-corrected chi connectivity index (χ0v) is 16.7. The Bertz CT molecular complexity index is 742. The van der Waals surface area contributed by atoms with Crippen LogP contribution >= 0.6 is 0 Å². The Kier molecular flexibility index (Phi) is 7.23. The maximum absolute atomic E-state index is 12.4. The average Bonchev–Trinajstić information content (AvgIpc) is 3.28. The molecule has 1 aromatic carbocycles. The maximum atomic E-state index is 12.4. The summed E-state index contributed by atoms with van der Waals surface area (Å²) in [5, 5.41) is 17.4. The van der Waals surface area contributed by atoms with Crippen LogP contribution in [0.4, 0.5) is 11.4 Å². The standard InChI is InChI=1S/C19H28N6O4/c1-20-19(22-9-8-21-15-5-2-3-6-16(15)25(27)28)24-12-10-23(11-13-24)18(26)17-7-4-14-29-17/h2-3,5-6,17,21H,4,7-14H2,1H3,(H,20,22). The number of piperazine rings is 1. The van der Waals surface area contributed by atoms with E-state index in [2.05, 4.69) is 20.5 Å². The molecule has 158 valence electrons. The number of amides is 1. The van der Waals surface area contributed by atoms with Gasteiger partial charge in [-0.3, -0.25) is 19.9 Å². The predicted molar refractivity (Wildman–Crippen MR) is 110 cm³/mol. The van der Waals surface area contributed by atoms with Gasteiger partial charge in [-0.1, -0.05) is 12.1 Å². The first kappa shape index (κ1) is 20.8. The van der Waals surface area contributed by atoms with Gasteiger partial charge < -0.3 is 25.2 Å². The van der Waals surface area contributed by atoms with Crippen molar-refractivity contribution in [3.63, 3.8) is 0 Å². The fourth-order valence-electron chi connectivity index (χ4n) is 3.60. The van der Waals surface area contributed by atoms with Gasteiger partial charge in [-0.05, 0) is 18.9 Å². The number of benzene rings is 1. The topological polar surface area (TPSA) is 112 Å². The van der Waals surface area contributed by atoms with Crippen molar-refractivity contribution in [1.82, 2.24) is 15.1 Å². The predicted octanol–water partition coefficient (Wildman–Crippen LogP) is 0.905. The first-order valence-corrected chi connectivity index (χ1v) is 9.93. The molecule has 3 rings (SSSR count). The number of ether oxygens (including phenoxy) is 1. The minimum absolute atomic E-state index is 0.0592. The summed E-state index contributed by atoms with van der Waals surface area (Å²) in [6.45, 7) is 4.45. The summed E-state index contributed by atoms with van der Waals surface area (Å²) >= 11 is 0. The smallest absolute Gasteiger partial charge is 0.292 e. The van der Waals surface area contributed by atoms with Crippen molar-refractivity contribution in [3.05, 3.63) is 34.4 Å². The van der Waals surface area contributed by atoms with Crippen LogP contribution in [0.3, 0.4) is 0 Å². The van der Waals surface area contributed by atoms with Gasteiger partial charge in [0.1, 0.15) is 11.8 Å². The third-order valence-corrected chi connectivity index (χ3v) is 5.13. The molecule has 1 atom stereocenters. The van der Waals surface area contributed by atoms with Crippen LogP contribution in [0.2, 0.25) is 0 Å². The van der Waals surface area contributed by atoms with Gasteiger partial charge in [0.05, 0.1) is 4.92 Å². The summed E-state index contributed by atoms with van der Waals surface area (Å²) in [5.41, 5.74) is 0.555. The molecule has 0 saturated carbocycles. The van der Waals surface area contributed by atoms with Crippen molar-refractivity contribution in [2.24, 2.45) is 4.99 Å². The molecule has 0 radical (unpaired) electrons. The third-order valence-electron chi connectivity index (χ3n) is 5.13. The lowest BCUT2D eigenvalue weighted by atomic mass is 10.2. The number of carbonyl (C=O) groups is 1. The summed E-state index contributed by atoms with van der Waals surface area (Å²) in [6, 6.07) is 6.58. The monoisotopic (exact) mass is 404 g/mol. The number of aliphatic imine (C=N–C) groups is 1. The summed E-state index contributed by atoms with van der Waals surface area (Å²) in [6.07, 6.45) is 1.49. The number of rotatable bonds is 6. The van der Waals surface area contributed by atoms with E-state index in [0.29, 0.717) is 51.6 Å². The van der Waals surface area contributed by atoms with Crippen molar-refractivity contribution >= 4 is 23.2 Å². The number of nitrogens with one attached hydrogen (secondary N) is 2. The van der Waals surface area contributed by atoms with Crippen molar-refractivity contribution in [1.29, 1.82) is 0 Å². The minimum Gasteiger partial charge on any atom is -0.378 e. The van der Waals surface area contributed by atoms with Gasteiger partial charge in [0.15, 0.2) is 5.96 Å². The fourth-order valence-corrected chi connectivity index (χ4v) is 3.60. The second kappa shape index (κ2) is 10.1. The second-order valence-corrected chi connectivity index (χ2v) is 6.99. The molecule has 10 heteroatoms. The molecular weight excluding hydrogens is 376 g/mol. The Morgan fingerprint density at radius 1 is 1.24 bits per heavy atom. The molecule has 2 N–H and O–H groups in total. The highest BCUT2D eigenvalue weighted by molar-refractivity contribution is 5.82. The van der Waals surface area contributed by atoms with E-state index in [1.807, 2.05) is 4.90 Å². The Balaban J connectivity index is 1.42. The molecule has 2 aliphatic heterocycles. The van der Waals surface area contributed by atoms with Crippen molar-refractivity contribution < 1.29 is 14.5 Å². The summed E-state index contributed by atoms with van der Waals surface area (Å²) in [5.74, 6) is 0.859. The van der Waals surface area contributed by atoms with Crippen LogP contribution in [-0.2, 0) is 9.53 Å². The summed E-state index contributed by atoms with van der Waals surface area (Å²) in [7, 11) is 1.72. The zero-order valence-electron chi connectivity index (χ0n) is 16.7. The van der Waals surface area contributed by atoms with Gasteiger partial charge in [-0.15, -0.1) is 0 Å². The van der Waals surface area contributed by atoms with E-state index in [4.69, 9.17) is 4.74 Å². The Morgan fingerprint density at radius 2 is 1.97 bits per heavy atom. The van der Waals surface area contributed by atoms with Crippen LogP contribution in [0.1, 0.15) is 12.8 Å². The van der Waals surface area contributed by atoms with E-state index in [-0.39, 0.29) is 17.7 Å². The number of hydrogen-bond donors (Lipinski definition) is 2. The lowest BCUT2D eigenvalue weighted by Crippen LogP contribution is -2.55. The molecule has 10 nitrogen and oxygen atoms in total. The van der Waals surface area contributed by atoms with Crippen molar-refractivity contribution in [2.45, 2.75) is 18.9 Å². The van der Waals surface area contributed by atoms with Crippen LogP contribution in [0, 0.1) is 10.1 Å². The molecule has 2 saturated heterocycles. The number of guanidine groups is 1. The summed E-state index contributed by atoms with van der Waals surface area (Å²) in [4.78, 5) is 31.4. The van der Waals surface area contributed by atoms with Crippen LogP contribution < -0.4 is 10.6 Å². The number of nitro benzene ring substituents is 1.